The number of esters is 1. The van der Waals surface area contributed by atoms with Gasteiger partial charge in [-0.2, -0.15) is 0 Å². The molecule has 2 aromatic carbocycles. The van der Waals surface area contributed by atoms with Crippen LogP contribution in [0.3, 0.4) is 0 Å². The van der Waals surface area contributed by atoms with E-state index in [9.17, 15) is 4.79 Å². The van der Waals surface area contributed by atoms with Crippen LogP contribution in [0, 0.1) is 0 Å². The zero-order valence-corrected chi connectivity index (χ0v) is 12.5. The number of para-hydroxylation sites is 2. The molecule has 0 amide bonds. The van der Waals surface area contributed by atoms with Crippen LogP contribution in [0.2, 0.25) is 0 Å². The average Bonchev–Trinajstić information content (AvgIpc) is 2.91. The van der Waals surface area contributed by atoms with Crippen LogP contribution in [0.15, 0.2) is 54.6 Å². The normalized spacial score (nSPS) is 10.8. The van der Waals surface area contributed by atoms with Crippen LogP contribution in [0.5, 0.6) is 0 Å². The fourth-order valence-electron chi connectivity index (χ4n) is 2.55. The summed E-state index contributed by atoms with van der Waals surface area (Å²) in [7, 11) is 0. The zero-order valence-electron chi connectivity index (χ0n) is 12.5. The maximum Gasteiger partial charge on any atom is 0.302 e. The Morgan fingerprint density at radius 2 is 1.82 bits per heavy atom. The number of carbonyl (C=O) groups is 1. The monoisotopic (exact) mass is 294 g/mol. The quantitative estimate of drug-likeness (QED) is 0.533. The van der Waals surface area contributed by atoms with Gasteiger partial charge in [0.05, 0.1) is 17.6 Å². The standard InChI is InChI=1S/C18H18N2O2/c1-14(21)22-13-7-12-20-17-11-6-5-10-16(17)19-18(20)15-8-3-2-4-9-15/h2-6,8-11H,7,12-13H2,1H3. The highest BCUT2D eigenvalue weighted by atomic mass is 16.5. The number of rotatable bonds is 5. The zero-order chi connectivity index (χ0) is 15.4. The molecule has 0 unspecified atom stereocenters. The third-order valence-electron chi connectivity index (χ3n) is 3.52. The maximum absolute atomic E-state index is 10.9. The van der Waals surface area contributed by atoms with E-state index in [1.54, 1.807) is 0 Å². The summed E-state index contributed by atoms with van der Waals surface area (Å²) in [6, 6.07) is 18.2. The van der Waals surface area contributed by atoms with E-state index in [2.05, 4.69) is 22.8 Å². The summed E-state index contributed by atoms with van der Waals surface area (Å²) in [6.07, 6.45) is 0.764. The van der Waals surface area contributed by atoms with Crippen LogP contribution >= 0.6 is 0 Å². The number of ether oxygens (including phenoxy) is 1. The number of imidazole rings is 1. The van der Waals surface area contributed by atoms with Gasteiger partial charge in [0.25, 0.3) is 0 Å². The molecule has 0 spiro atoms. The van der Waals surface area contributed by atoms with Gasteiger partial charge in [0, 0.05) is 19.0 Å². The second-order valence-corrected chi connectivity index (χ2v) is 5.14. The van der Waals surface area contributed by atoms with Gasteiger partial charge in [-0.05, 0) is 18.6 Å². The Morgan fingerprint density at radius 3 is 2.59 bits per heavy atom. The van der Waals surface area contributed by atoms with E-state index >= 15 is 0 Å². The second-order valence-electron chi connectivity index (χ2n) is 5.14. The number of hydrogen-bond donors (Lipinski definition) is 0. The van der Waals surface area contributed by atoms with Gasteiger partial charge in [-0.1, -0.05) is 42.5 Å². The Morgan fingerprint density at radius 1 is 1.09 bits per heavy atom. The summed E-state index contributed by atoms with van der Waals surface area (Å²) in [5.74, 6) is 0.711. The summed E-state index contributed by atoms with van der Waals surface area (Å²) in [6.45, 7) is 2.62. The molecular weight excluding hydrogens is 276 g/mol. The fraction of sp³-hybridized carbons (Fsp3) is 0.222. The third kappa shape index (κ3) is 3.01. The predicted molar refractivity (Wildman–Crippen MR) is 86.4 cm³/mol. The van der Waals surface area contributed by atoms with Gasteiger partial charge in [0.1, 0.15) is 5.82 Å². The van der Waals surface area contributed by atoms with Crippen LogP contribution in [0.25, 0.3) is 22.4 Å². The molecule has 0 aliphatic carbocycles. The number of nitrogens with zero attached hydrogens (tertiary/aromatic N) is 2. The van der Waals surface area contributed by atoms with E-state index in [1.165, 1.54) is 6.92 Å². The summed E-state index contributed by atoms with van der Waals surface area (Å²) in [5.41, 5.74) is 3.17. The van der Waals surface area contributed by atoms with E-state index in [-0.39, 0.29) is 5.97 Å². The Balaban J connectivity index is 1.93. The van der Waals surface area contributed by atoms with E-state index in [0.717, 1.165) is 35.4 Å². The number of aryl methyl sites for hydroxylation is 1. The Bertz CT molecular complexity index is 778. The van der Waals surface area contributed by atoms with Crippen LogP contribution in [0.4, 0.5) is 0 Å². The Hall–Kier alpha value is -2.62. The highest BCUT2D eigenvalue weighted by molar-refractivity contribution is 5.80. The summed E-state index contributed by atoms with van der Waals surface area (Å²) < 4.78 is 7.21. The topological polar surface area (TPSA) is 44.1 Å². The lowest BCUT2D eigenvalue weighted by Gasteiger charge is -2.09. The van der Waals surface area contributed by atoms with Crippen molar-refractivity contribution in [3.8, 4) is 11.4 Å². The molecule has 0 N–H and O–H groups in total. The molecule has 1 heterocycles. The molecule has 0 bridgehead atoms. The second kappa shape index (κ2) is 6.43. The highest BCUT2D eigenvalue weighted by Gasteiger charge is 2.11. The number of aromatic nitrogens is 2. The molecule has 0 radical (unpaired) electrons. The van der Waals surface area contributed by atoms with Crippen molar-refractivity contribution in [1.29, 1.82) is 0 Å². The average molecular weight is 294 g/mol. The van der Waals surface area contributed by atoms with Gasteiger partial charge in [-0.3, -0.25) is 4.79 Å². The number of fused-ring (bicyclic) bond motifs is 1. The SMILES string of the molecule is CC(=O)OCCCn1c(-c2ccccc2)nc2ccccc21. The Kier molecular flexibility index (Phi) is 4.19. The van der Waals surface area contributed by atoms with Gasteiger partial charge < -0.3 is 9.30 Å². The van der Waals surface area contributed by atoms with Crippen molar-refractivity contribution in [2.75, 3.05) is 6.61 Å². The molecule has 0 atom stereocenters. The molecule has 3 rings (SSSR count). The van der Waals surface area contributed by atoms with Gasteiger partial charge in [0.15, 0.2) is 0 Å². The van der Waals surface area contributed by atoms with Gasteiger partial charge in [-0.25, -0.2) is 4.98 Å². The number of carbonyl (C=O) groups excluding carboxylic acids is 1. The molecular formula is C18H18N2O2. The third-order valence-corrected chi connectivity index (χ3v) is 3.52. The molecule has 4 heteroatoms. The molecule has 0 fully saturated rings. The van der Waals surface area contributed by atoms with Crippen molar-refractivity contribution < 1.29 is 9.53 Å². The first kappa shape index (κ1) is 14.3. The van der Waals surface area contributed by atoms with Crippen LogP contribution in [0.1, 0.15) is 13.3 Å². The molecule has 3 aromatic rings. The maximum atomic E-state index is 10.9. The molecule has 0 aliphatic rings. The van der Waals surface area contributed by atoms with Crippen LogP contribution in [-0.2, 0) is 16.1 Å². The lowest BCUT2D eigenvalue weighted by atomic mass is 10.2. The predicted octanol–water partition coefficient (Wildman–Crippen LogP) is 3.66. The minimum atomic E-state index is -0.237. The van der Waals surface area contributed by atoms with E-state index in [4.69, 9.17) is 9.72 Å². The van der Waals surface area contributed by atoms with E-state index in [0.29, 0.717) is 6.61 Å². The number of benzene rings is 2. The first-order valence-electron chi connectivity index (χ1n) is 7.40. The summed E-state index contributed by atoms with van der Waals surface area (Å²) in [5, 5.41) is 0. The lowest BCUT2D eigenvalue weighted by molar-refractivity contribution is -0.141. The van der Waals surface area contributed by atoms with E-state index in [1.807, 2.05) is 36.4 Å². The number of hydrogen-bond acceptors (Lipinski definition) is 3. The fourth-order valence-corrected chi connectivity index (χ4v) is 2.55. The van der Waals surface area contributed by atoms with Crippen molar-refractivity contribution in [1.82, 2.24) is 9.55 Å². The van der Waals surface area contributed by atoms with Crippen molar-refractivity contribution in [3.63, 3.8) is 0 Å². The first-order valence-corrected chi connectivity index (χ1v) is 7.40. The van der Waals surface area contributed by atoms with E-state index < -0.39 is 0 Å². The highest BCUT2D eigenvalue weighted by Crippen LogP contribution is 2.24. The molecule has 0 aliphatic heterocycles. The minimum absolute atomic E-state index is 0.237. The largest absolute Gasteiger partial charge is 0.466 e. The smallest absolute Gasteiger partial charge is 0.302 e. The van der Waals surface area contributed by atoms with Crippen LogP contribution in [-0.4, -0.2) is 22.1 Å². The molecule has 1 aromatic heterocycles. The minimum Gasteiger partial charge on any atom is -0.466 e. The molecule has 4 nitrogen and oxygen atoms in total. The summed E-state index contributed by atoms with van der Waals surface area (Å²) in [4.78, 5) is 15.6. The van der Waals surface area contributed by atoms with Crippen molar-refractivity contribution in [2.45, 2.75) is 19.9 Å². The molecule has 112 valence electrons. The van der Waals surface area contributed by atoms with Gasteiger partial charge in [-0.15, -0.1) is 0 Å². The Labute approximate surface area is 129 Å². The van der Waals surface area contributed by atoms with Gasteiger partial charge >= 0.3 is 5.97 Å². The van der Waals surface area contributed by atoms with Crippen molar-refractivity contribution in [2.24, 2.45) is 0 Å². The summed E-state index contributed by atoms with van der Waals surface area (Å²) >= 11 is 0. The lowest BCUT2D eigenvalue weighted by Crippen LogP contribution is -2.06. The molecule has 0 saturated heterocycles. The van der Waals surface area contributed by atoms with Crippen molar-refractivity contribution >= 4 is 17.0 Å². The molecule has 22 heavy (non-hydrogen) atoms. The first-order chi connectivity index (χ1) is 10.8. The molecule has 0 saturated carbocycles. The van der Waals surface area contributed by atoms with Crippen LogP contribution < -0.4 is 0 Å². The van der Waals surface area contributed by atoms with Gasteiger partial charge in [0.2, 0.25) is 0 Å². The van der Waals surface area contributed by atoms with Crippen molar-refractivity contribution in [3.05, 3.63) is 54.6 Å².